The van der Waals surface area contributed by atoms with Crippen molar-refractivity contribution in [1.82, 2.24) is 0 Å². The van der Waals surface area contributed by atoms with Gasteiger partial charge in [0.2, 0.25) is 10.0 Å². The molecule has 0 aliphatic carbocycles. The summed E-state index contributed by atoms with van der Waals surface area (Å²) < 4.78 is 26.4. The van der Waals surface area contributed by atoms with Crippen molar-refractivity contribution in [2.75, 3.05) is 10.5 Å². The molecule has 0 unspecified atom stereocenters. The maximum atomic E-state index is 12.0. The van der Waals surface area contributed by atoms with Crippen molar-refractivity contribution in [3.63, 3.8) is 0 Å². The first kappa shape index (κ1) is 17.7. The third kappa shape index (κ3) is 7.27. The minimum Gasteiger partial charge on any atom is -0.298 e. The quantitative estimate of drug-likeness (QED) is 0.496. The number of anilines is 1. The topological polar surface area (TPSA) is 63.2 Å². The van der Waals surface area contributed by atoms with E-state index in [4.69, 9.17) is 0 Å². The molecule has 5 heteroatoms. The third-order valence-corrected chi connectivity index (χ3v) is 4.73. The van der Waals surface area contributed by atoms with Gasteiger partial charge in [-0.1, -0.05) is 57.6 Å². The van der Waals surface area contributed by atoms with Crippen molar-refractivity contribution >= 4 is 22.0 Å². The fourth-order valence-electron chi connectivity index (χ4n) is 2.16. The average molecular weight is 311 g/mol. The van der Waals surface area contributed by atoms with E-state index in [1.807, 2.05) is 0 Å². The van der Waals surface area contributed by atoms with Crippen LogP contribution in [-0.4, -0.2) is 20.5 Å². The molecule has 1 aromatic carbocycles. The zero-order valence-corrected chi connectivity index (χ0v) is 13.5. The first-order chi connectivity index (χ1) is 10.1. The molecule has 21 heavy (non-hydrogen) atoms. The van der Waals surface area contributed by atoms with E-state index in [1.165, 1.54) is 25.7 Å². The molecule has 0 aliphatic rings. The molecule has 0 saturated heterocycles. The van der Waals surface area contributed by atoms with Crippen LogP contribution in [0.1, 0.15) is 62.2 Å². The molecule has 0 aromatic heterocycles. The fraction of sp³-hybridized carbons (Fsp3) is 0.562. The highest BCUT2D eigenvalue weighted by Crippen LogP contribution is 2.15. The van der Waals surface area contributed by atoms with Crippen LogP contribution in [0.25, 0.3) is 0 Å². The lowest BCUT2D eigenvalue weighted by molar-refractivity contribution is 0.112. The fourth-order valence-corrected chi connectivity index (χ4v) is 3.37. The van der Waals surface area contributed by atoms with Crippen LogP contribution in [-0.2, 0) is 10.0 Å². The van der Waals surface area contributed by atoms with Gasteiger partial charge in [0.05, 0.1) is 11.4 Å². The maximum Gasteiger partial charge on any atom is 0.232 e. The van der Waals surface area contributed by atoms with Crippen molar-refractivity contribution in [2.24, 2.45) is 0 Å². The first-order valence-electron chi connectivity index (χ1n) is 7.63. The Morgan fingerprint density at radius 1 is 1.00 bits per heavy atom. The van der Waals surface area contributed by atoms with Crippen LogP contribution in [0.15, 0.2) is 24.3 Å². The minimum atomic E-state index is -3.37. The summed E-state index contributed by atoms with van der Waals surface area (Å²) >= 11 is 0. The number of hydrogen-bond acceptors (Lipinski definition) is 3. The van der Waals surface area contributed by atoms with E-state index in [2.05, 4.69) is 11.6 Å². The van der Waals surface area contributed by atoms with Gasteiger partial charge in [-0.2, -0.15) is 0 Å². The summed E-state index contributed by atoms with van der Waals surface area (Å²) in [6.45, 7) is 2.18. The lowest BCUT2D eigenvalue weighted by Gasteiger charge is -2.09. The zero-order chi connectivity index (χ0) is 15.6. The molecular weight excluding hydrogens is 286 g/mol. The number of carbonyl (C=O) groups excluding carboxylic acids is 1. The molecule has 1 rings (SSSR count). The molecule has 0 atom stereocenters. The summed E-state index contributed by atoms with van der Waals surface area (Å²) in [6.07, 6.45) is 8.21. The van der Waals surface area contributed by atoms with Crippen LogP contribution in [0.3, 0.4) is 0 Å². The maximum absolute atomic E-state index is 12.0. The molecule has 118 valence electrons. The van der Waals surface area contributed by atoms with E-state index >= 15 is 0 Å². The van der Waals surface area contributed by atoms with Crippen molar-refractivity contribution in [3.05, 3.63) is 29.8 Å². The number of hydrogen-bond donors (Lipinski definition) is 1. The number of para-hydroxylation sites is 1. The SMILES string of the molecule is CCCCCCCCCS(=O)(=O)Nc1ccccc1C=O. The standard InChI is InChI=1S/C16H25NO3S/c1-2-3-4-5-6-7-10-13-21(19,20)17-16-12-9-8-11-15(16)14-18/h8-9,11-12,14,17H,2-7,10,13H2,1H3. The lowest BCUT2D eigenvalue weighted by atomic mass is 10.1. The second-order valence-electron chi connectivity index (χ2n) is 5.25. The average Bonchev–Trinajstić information content (AvgIpc) is 2.46. The molecule has 4 nitrogen and oxygen atoms in total. The number of carbonyl (C=O) groups is 1. The zero-order valence-electron chi connectivity index (χ0n) is 12.7. The highest BCUT2D eigenvalue weighted by atomic mass is 32.2. The van der Waals surface area contributed by atoms with Crippen LogP contribution >= 0.6 is 0 Å². The minimum absolute atomic E-state index is 0.105. The molecule has 0 amide bonds. The van der Waals surface area contributed by atoms with Crippen molar-refractivity contribution < 1.29 is 13.2 Å². The summed E-state index contributed by atoms with van der Waals surface area (Å²) in [7, 11) is -3.37. The number of unbranched alkanes of at least 4 members (excludes halogenated alkanes) is 6. The van der Waals surface area contributed by atoms with Gasteiger partial charge in [-0.25, -0.2) is 8.42 Å². The highest BCUT2D eigenvalue weighted by Gasteiger charge is 2.12. The summed E-state index contributed by atoms with van der Waals surface area (Å²) in [5.41, 5.74) is 0.719. The van der Waals surface area contributed by atoms with Crippen molar-refractivity contribution in [1.29, 1.82) is 0 Å². The molecule has 0 heterocycles. The summed E-state index contributed by atoms with van der Waals surface area (Å²) in [5, 5.41) is 0. The van der Waals surface area contributed by atoms with Crippen LogP contribution in [0.2, 0.25) is 0 Å². The Balaban J connectivity index is 2.35. The summed E-state index contributed by atoms with van der Waals surface area (Å²) in [4.78, 5) is 10.9. The van der Waals surface area contributed by atoms with Crippen LogP contribution in [0, 0.1) is 0 Å². The highest BCUT2D eigenvalue weighted by molar-refractivity contribution is 7.92. The molecule has 0 saturated carbocycles. The first-order valence-corrected chi connectivity index (χ1v) is 9.29. The van der Waals surface area contributed by atoms with Gasteiger partial charge < -0.3 is 0 Å². The summed E-state index contributed by atoms with van der Waals surface area (Å²) in [5.74, 6) is 0.105. The van der Waals surface area contributed by atoms with E-state index in [9.17, 15) is 13.2 Å². The molecular formula is C16H25NO3S. The molecule has 1 aromatic rings. The number of rotatable bonds is 11. The lowest BCUT2D eigenvalue weighted by Crippen LogP contribution is -2.17. The molecule has 0 bridgehead atoms. The van der Waals surface area contributed by atoms with Gasteiger partial charge in [0.15, 0.2) is 6.29 Å². The normalized spacial score (nSPS) is 11.3. The van der Waals surface area contributed by atoms with Crippen LogP contribution < -0.4 is 4.72 Å². The molecule has 0 fully saturated rings. The van der Waals surface area contributed by atoms with Crippen LogP contribution in [0.5, 0.6) is 0 Å². The van der Waals surface area contributed by atoms with Gasteiger partial charge in [-0.15, -0.1) is 0 Å². The molecule has 0 radical (unpaired) electrons. The molecule has 0 aliphatic heterocycles. The Hall–Kier alpha value is -1.36. The number of sulfonamides is 1. The van der Waals surface area contributed by atoms with Gasteiger partial charge in [0.1, 0.15) is 0 Å². The Morgan fingerprint density at radius 3 is 2.29 bits per heavy atom. The Morgan fingerprint density at radius 2 is 1.62 bits per heavy atom. The number of nitrogens with one attached hydrogen (secondary N) is 1. The van der Waals surface area contributed by atoms with E-state index in [1.54, 1.807) is 24.3 Å². The van der Waals surface area contributed by atoms with E-state index in [0.717, 1.165) is 12.8 Å². The van der Waals surface area contributed by atoms with Gasteiger partial charge >= 0.3 is 0 Å². The second kappa shape index (κ2) is 9.55. The number of aldehydes is 1. The van der Waals surface area contributed by atoms with Crippen LogP contribution in [0.4, 0.5) is 5.69 Å². The summed E-state index contributed by atoms with van der Waals surface area (Å²) in [6, 6.07) is 6.61. The number of benzene rings is 1. The Bertz CT molecular complexity index is 526. The van der Waals surface area contributed by atoms with Gasteiger partial charge in [0.25, 0.3) is 0 Å². The van der Waals surface area contributed by atoms with Crippen molar-refractivity contribution in [2.45, 2.75) is 51.9 Å². The monoisotopic (exact) mass is 311 g/mol. The largest absolute Gasteiger partial charge is 0.298 e. The van der Waals surface area contributed by atoms with Gasteiger partial charge in [-0.3, -0.25) is 9.52 Å². The van der Waals surface area contributed by atoms with E-state index < -0.39 is 10.0 Å². The van der Waals surface area contributed by atoms with Crippen molar-refractivity contribution in [3.8, 4) is 0 Å². The van der Waals surface area contributed by atoms with E-state index in [-0.39, 0.29) is 5.75 Å². The Kier molecular flexibility index (Phi) is 8.05. The second-order valence-corrected chi connectivity index (χ2v) is 7.09. The molecule has 0 spiro atoms. The Labute approximate surface area is 128 Å². The molecule has 1 N–H and O–H groups in total. The van der Waals surface area contributed by atoms with Gasteiger partial charge in [0, 0.05) is 5.56 Å². The van der Waals surface area contributed by atoms with E-state index in [0.29, 0.717) is 24.0 Å². The predicted octanol–water partition coefficient (Wildman–Crippen LogP) is 3.99. The smallest absolute Gasteiger partial charge is 0.232 e. The van der Waals surface area contributed by atoms with Gasteiger partial charge in [-0.05, 0) is 18.6 Å². The predicted molar refractivity (Wildman–Crippen MR) is 87.2 cm³/mol. The third-order valence-electron chi connectivity index (χ3n) is 3.37.